The van der Waals surface area contributed by atoms with Crippen molar-refractivity contribution in [3.05, 3.63) is 11.1 Å². The van der Waals surface area contributed by atoms with Crippen molar-refractivity contribution in [2.45, 2.75) is 38.6 Å². The van der Waals surface area contributed by atoms with Gasteiger partial charge in [0, 0.05) is 17.1 Å². The Morgan fingerprint density at radius 2 is 2.38 bits per heavy atom. The third-order valence-electron chi connectivity index (χ3n) is 3.84. The fourth-order valence-corrected chi connectivity index (χ4v) is 2.96. The Morgan fingerprint density at radius 3 is 3.08 bits per heavy atom. The molecule has 74 valence electrons. The van der Waals surface area contributed by atoms with Gasteiger partial charge in [0.05, 0.1) is 0 Å². The van der Waals surface area contributed by atoms with E-state index in [2.05, 4.69) is 34.7 Å². The number of nitrogens with one attached hydrogen (secondary N) is 1. The SMILES string of the molecule is C=C(Br)CNC1CCCC2CC21C. The first-order chi connectivity index (χ1) is 6.13. The largest absolute Gasteiger partial charge is 0.309 e. The van der Waals surface area contributed by atoms with E-state index in [-0.39, 0.29) is 0 Å². The number of fused-ring (bicyclic) bond motifs is 1. The van der Waals surface area contributed by atoms with E-state index in [0.29, 0.717) is 5.41 Å². The highest BCUT2D eigenvalue weighted by Crippen LogP contribution is 2.60. The van der Waals surface area contributed by atoms with Crippen LogP contribution in [0, 0.1) is 11.3 Å². The molecule has 2 saturated carbocycles. The molecule has 0 radical (unpaired) electrons. The van der Waals surface area contributed by atoms with Gasteiger partial charge in [0.25, 0.3) is 0 Å². The predicted molar refractivity (Wildman–Crippen MR) is 59.9 cm³/mol. The summed E-state index contributed by atoms with van der Waals surface area (Å²) < 4.78 is 1.07. The van der Waals surface area contributed by atoms with Crippen molar-refractivity contribution < 1.29 is 0 Å². The second-order valence-electron chi connectivity index (χ2n) is 4.79. The van der Waals surface area contributed by atoms with Crippen molar-refractivity contribution in [1.82, 2.24) is 5.32 Å². The van der Waals surface area contributed by atoms with Gasteiger partial charge in [-0.3, -0.25) is 0 Å². The Balaban J connectivity index is 1.88. The number of halogens is 1. The molecule has 2 fully saturated rings. The van der Waals surface area contributed by atoms with E-state index in [1.54, 1.807) is 0 Å². The quantitative estimate of drug-likeness (QED) is 0.804. The lowest BCUT2D eigenvalue weighted by molar-refractivity contribution is 0.268. The number of hydrogen-bond donors (Lipinski definition) is 1. The Kier molecular flexibility index (Phi) is 2.54. The fourth-order valence-electron chi connectivity index (χ4n) is 2.80. The van der Waals surface area contributed by atoms with E-state index in [1.165, 1.54) is 25.7 Å². The Bertz CT molecular complexity index is 226. The lowest BCUT2D eigenvalue weighted by atomic mass is 9.85. The third-order valence-corrected chi connectivity index (χ3v) is 4.12. The number of hydrogen-bond acceptors (Lipinski definition) is 1. The molecule has 0 saturated heterocycles. The summed E-state index contributed by atoms with van der Waals surface area (Å²) in [6, 6.07) is 0.737. The highest BCUT2D eigenvalue weighted by Gasteiger charge is 2.56. The highest BCUT2D eigenvalue weighted by atomic mass is 79.9. The topological polar surface area (TPSA) is 12.0 Å². The molecule has 3 unspecified atom stereocenters. The molecule has 2 aliphatic rings. The van der Waals surface area contributed by atoms with Crippen molar-refractivity contribution in [2.24, 2.45) is 11.3 Å². The first-order valence-corrected chi connectivity index (χ1v) is 5.99. The zero-order valence-corrected chi connectivity index (χ0v) is 9.86. The van der Waals surface area contributed by atoms with Crippen LogP contribution in [0.1, 0.15) is 32.6 Å². The molecule has 0 aliphatic heterocycles. The minimum atomic E-state index is 0.626. The van der Waals surface area contributed by atoms with E-state index < -0.39 is 0 Å². The van der Waals surface area contributed by atoms with Gasteiger partial charge in [-0.2, -0.15) is 0 Å². The zero-order valence-electron chi connectivity index (χ0n) is 8.28. The van der Waals surface area contributed by atoms with Crippen LogP contribution >= 0.6 is 15.9 Å². The van der Waals surface area contributed by atoms with Gasteiger partial charge >= 0.3 is 0 Å². The Hall–Kier alpha value is 0.180. The molecule has 2 heteroatoms. The van der Waals surface area contributed by atoms with E-state index in [4.69, 9.17) is 0 Å². The monoisotopic (exact) mass is 243 g/mol. The van der Waals surface area contributed by atoms with Crippen LogP contribution < -0.4 is 5.32 Å². The van der Waals surface area contributed by atoms with Crippen molar-refractivity contribution >= 4 is 15.9 Å². The lowest BCUT2D eigenvalue weighted by Gasteiger charge is -2.30. The van der Waals surface area contributed by atoms with Gasteiger partial charge in [0.1, 0.15) is 0 Å². The molecule has 0 aromatic rings. The predicted octanol–water partition coefficient (Wildman–Crippen LogP) is 3.06. The maximum atomic E-state index is 3.86. The van der Waals surface area contributed by atoms with Crippen LogP contribution in [0.4, 0.5) is 0 Å². The van der Waals surface area contributed by atoms with Crippen molar-refractivity contribution in [3.63, 3.8) is 0 Å². The van der Waals surface area contributed by atoms with Gasteiger partial charge in [-0.1, -0.05) is 35.9 Å². The molecule has 1 N–H and O–H groups in total. The summed E-state index contributed by atoms with van der Waals surface area (Å²) in [4.78, 5) is 0. The maximum Gasteiger partial charge on any atom is 0.0268 e. The molecule has 0 aromatic heterocycles. The van der Waals surface area contributed by atoms with Gasteiger partial charge in [-0.05, 0) is 30.6 Å². The summed E-state index contributed by atoms with van der Waals surface area (Å²) in [5.74, 6) is 1.02. The van der Waals surface area contributed by atoms with E-state index in [0.717, 1.165) is 23.0 Å². The average Bonchev–Trinajstić information content (AvgIpc) is 2.72. The molecular formula is C11H18BrN. The van der Waals surface area contributed by atoms with Crippen molar-refractivity contribution in [1.29, 1.82) is 0 Å². The standard InChI is InChI=1S/C11H18BrN/c1-8(12)7-13-10-5-3-4-9-6-11(9,10)2/h9-10,13H,1,3-7H2,2H3. The Morgan fingerprint density at radius 1 is 1.62 bits per heavy atom. The molecular weight excluding hydrogens is 226 g/mol. The zero-order chi connectivity index (χ0) is 9.47. The molecule has 3 atom stereocenters. The van der Waals surface area contributed by atoms with Crippen molar-refractivity contribution in [2.75, 3.05) is 6.54 Å². The summed E-state index contributed by atoms with van der Waals surface area (Å²) in [5, 5.41) is 3.61. The molecule has 13 heavy (non-hydrogen) atoms. The van der Waals surface area contributed by atoms with Crippen LogP contribution in [-0.4, -0.2) is 12.6 Å². The van der Waals surface area contributed by atoms with Gasteiger partial charge in [-0.15, -0.1) is 0 Å². The summed E-state index contributed by atoms with van der Waals surface area (Å²) in [7, 11) is 0. The molecule has 2 aliphatic carbocycles. The summed E-state index contributed by atoms with van der Waals surface area (Å²) in [5.41, 5.74) is 0.626. The highest BCUT2D eigenvalue weighted by molar-refractivity contribution is 9.11. The summed E-state index contributed by atoms with van der Waals surface area (Å²) >= 11 is 3.40. The van der Waals surface area contributed by atoms with Gasteiger partial charge in [-0.25, -0.2) is 0 Å². The first-order valence-electron chi connectivity index (χ1n) is 5.19. The molecule has 0 heterocycles. The molecule has 0 aromatic carbocycles. The van der Waals surface area contributed by atoms with Gasteiger partial charge < -0.3 is 5.32 Å². The average molecular weight is 244 g/mol. The van der Waals surface area contributed by atoms with E-state index in [9.17, 15) is 0 Å². The first kappa shape index (κ1) is 9.72. The fraction of sp³-hybridized carbons (Fsp3) is 0.818. The molecule has 0 spiro atoms. The molecule has 1 nitrogen and oxygen atoms in total. The third kappa shape index (κ3) is 1.84. The van der Waals surface area contributed by atoms with Crippen LogP contribution in [0.2, 0.25) is 0 Å². The van der Waals surface area contributed by atoms with Crippen LogP contribution in [-0.2, 0) is 0 Å². The van der Waals surface area contributed by atoms with Crippen LogP contribution in [0.5, 0.6) is 0 Å². The van der Waals surface area contributed by atoms with E-state index >= 15 is 0 Å². The second kappa shape index (κ2) is 3.39. The molecule has 2 rings (SSSR count). The summed E-state index contributed by atoms with van der Waals surface area (Å²) in [6.45, 7) is 7.21. The second-order valence-corrected chi connectivity index (χ2v) is 5.91. The van der Waals surface area contributed by atoms with Crippen molar-refractivity contribution in [3.8, 4) is 0 Å². The minimum absolute atomic E-state index is 0.626. The van der Waals surface area contributed by atoms with E-state index in [1.807, 2.05) is 0 Å². The lowest BCUT2D eigenvalue weighted by Crippen LogP contribution is -2.39. The Labute approximate surface area is 89.1 Å². The number of rotatable bonds is 3. The molecule has 0 amide bonds. The summed E-state index contributed by atoms with van der Waals surface area (Å²) in [6.07, 6.45) is 5.67. The van der Waals surface area contributed by atoms with Crippen LogP contribution in [0.15, 0.2) is 11.1 Å². The maximum absolute atomic E-state index is 3.86. The van der Waals surface area contributed by atoms with Crippen LogP contribution in [0.25, 0.3) is 0 Å². The minimum Gasteiger partial charge on any atom is -0.309 e. The van der Waals surface area contributed by atoms with Crippen LogP contribution in [0.3, 0.4) is 0 Å². The normalized spacial score (nSPS) is 42.6. The van der Waals surface area contributed by atoms with Gasteiger partial charge in [0.15, 0.2) is 0 Å². The molecule has 0 bridgehead atoms. The van der Waals surface area contributed by atoms with Gasteiger partial charge in [0.2, 0.25) is 0 Å². The smallest absolute Gasteiger partial charge is 0.0268 e.